The molecule has 0 spiro atoms. The molecule has 2 aromatic rings. The van der Waals surface area contributed by atoms with Crippen LogP contribution in [0, 0.1) is 18.3 Å². The summed E-state index contributed by atoms with van der Waals surface area (Å²) >= 11 is 6.24. The second kappa shape index (κ2) is 10.7. The van der Waals surface area contributed by atoms with Crippen LogP contribution in [-0.4, -0.2) is 68.4 Å². The van der Waals surface area contributed by atoms with E-state index in [9.17, 15) is 19.6 Å². The monoisotopic (exact) mass is 523 g/mol. The zero-order valence-electron chi connectivity index (χ0n) is 19.9. The van der Waals surface area contributed by atoms with Gasteiger partial charge in [0.25, 0.3) is 11.5 Å². The number of thiocarbonyl (C=S) groups is 1. The summed E-state index contributed by atoms with van der Waals surface area (Å²) in [6, 6.07) is 12.2. The molecule has 1 amide bonds. The van der Waals surface area contributed by atoms with Gasteiger partial charge >= 0.3 is 5.97 Å². The second-order valence-corrected chi connectivity index (χ2v) is 10.3. The van der Waals surface area contributed by atoms with Crippen molar-refractivity contribution in [1.82, 2.24) is 14.4 Å². The summed E-state index contributed by atoms with van der Waals surface area (Å²) in [5.41, 5.74) is 1.91. The lowest BCUT2D eigenvalue weighted by atomic mass is 10.0. The number of nitrogens with zero attached hydrogens (tertiary/aromatic N) is 5. The maximum absolute atomic E-state index is 13.0. The van der Waals surface area contributed by atoms with Gasteiger partial charge in [0, 0.05) is 45.3 Å². The van der Waals surface area contributed by atoms with Crippen LogP contribution in [0.3, 0.4) is 0 Å². The molecule has 2 saturated heterocycles. The molecule has 2 fully saturated rings. The third kappa shape index (κ3) is 5.06. The standard InChI is InChI=1S/C25H25N5O4S2/c1-16-18(12-20-24(34)30(15-21(31)32)25(35)36-20)22(27(2)23(33)19(16)13-26)29-10-8-28(9-11-29)14-17-6-4-3-5-7-17/h3-7,12H,8-11,14-15H2,1-2H3,(H,31,32)/b20-12+. The van der Waals surface area contributed by atoms with Gasteiger partial charge in [-0.25, -0.2) is 0 Å². The summed E-state index contributed by atoms with van der Waals surface area (Å²) in [6.45, 7) is 4.88. The molecule has 1 aromatic heterocycles. The van der Waals surface area contributed by atoms with Gasteiger partial charge in [-0.05, 0) is 24.1 Å². The lowest BCUT2D eigenvalue weighted by Crippen LogP contribution is -2.48. The minimum absolute atomic E-state index is 0.0104. The van der Waals surface area contributed by atoms with Crippen molar-refractivity contribution in [2.75, 3.05) is 37.6 Å². The number of carboxylic acid groups (broad SMARTS) is 1. The van der Waals surface area contributed by atoms with E-state index in [1.54, 1.807) is 20.0 Å². The third-order valence-electron chi connectivity index (χ3n) is 6.33. The molecule has 4 rings (SSSR count). The van der Waals surface area contributed by atoms with E-state index in [2.05, 4.69) is 21.9 Å². The fourth-order valence-corrected chi connectivity index (χ4v) is 5.69. The highest BCUT2D eigenvalue weighted by Crippen LogP contribution is 2.35. The Morgan fingerprint density at radius 1 is 1.19 bits per heavy atom. The van der Waals surface area contributed by atoms with Crippen LogP contribution in [0.5, 0.6) is 0 Å². The van der Waals surface area contributed by atoms with E-state index in [4.69, 9.17) is 17.3 Å². The molecule has 0 saturated carbocycles. The van der Waals surface area contributed by atoms with Crippen LogP contribution in [0.25, 0.3) is 6.08 Å². The van der Waals surface area contributed by atoms with E-state index >= 15 is 0 Å². The number of thioether (sulfide) groups is 1. The minimum Gasteiger partial charge on any atom is -0.480 e. The maximum atomic E-state index is 13.0. The number of nitriles is 1. The number of aromatic nitrogens is 1. The van der Waals surface area contributed by atoms with Crippen molar-refractivity contribution in [2.45, 2.75) is 13.5 Å². The molecule has 2 aliphatic rings. The quantitative estimate of drug-likeness (QED) is 0.450. The minimum atomic E-state index is -1.16. The number of piperazine rings is 1. The largest absolute Gasteiger partial charge is 0.480 e. The average Bonchev–Trinajstić information content (AvgIpc) is 3.11. The van der Waals surface area contributed by atoms with Crippen LogP contribution < -0.4 is 10.5 Å². The van der Waals surface area contributed by atoms with Crippen molar-refractivity contribution in [1.29, 1.82) is 5.26 Å². The van der Waals surface area contributed by atoms with Gasteiger partial charge in [0.05, 0.1) is 4.91 Å². The number of carbonyl (C=O) groups excluding carboxylic acids is 1. The second-order valence-electron chi connectivity index (χ2n) is 8.62. The van der Waals surface area contributed by atoms with Gasteiger partial charge in [0.1, 0.15) is 28.3 Å². The number of amides is 1. The third-order valence-corrected chi connectivity index (χ3v) is 7.71. The van der Waals surface area contributed by atoms with E-state index in [1.165, 1.54) is 10.1 Å². The van der Waals surface area contributed by atoms with Crippen molar-refractivity contribution >= 4 is 52.1 Å². The Kier molecular flexibility index (Phi) is 7.59. The van der Waals surface area contributed by atoms with E-state index < -0.39 is 24.0 Å². The highest BCUT2D eigenvalue weighted by molar-refractivity contribution is 8.26. The van der Waals surface area contributed by atoms with Crippen molar-refractivity contribution in [3.8, 4) is 6.07 Å². The number of carbonyl (C=O) groups is 2. The molecule has 3 heterocycles. The Bertz CT molecular complexity index is 1360. The van der Waals surface area contributed by atoms with Gasteiger partial charge in [0.2, 0.25) is 0 Å². The van der Waals surface area contributed by atoms with Crippen LogP contribution in [-0.2, 0) is 23.2 Å². The van der Waals surface area contributed by atoms with Crippen molar-refractivity contribution < 1.29 is 14.7 Å². The van der Waals surface area contributed by atoms with Crippen LogP contribution >= 0.6 is 24.0 Å². The molecular weight excluding hydrogens is 498 g/mol. The van der Waals surface area contributed by atoms with Gasteiger partial charge in [-0.1, -0.05) is 54.3 Å². The number of rotatable bonds is 6. The van der Waals surface area contributed by atoms with Gasteiger partial charge in [0.15, 0.2) is 0 Å². The number of hydrogen-bond donors (Lipinski definition) is 1. The van der Waals surface area contributed by atoms with Gasteiger partial charge in [-0.15, -0.1) is 0 Å². The molecule has 0 aliphatic carbocycles. The number of anilines is 1. The predicted octanol–water partition coefficient (Wildman–Crippen LogP) is 2.17. The summed E-state index contributed by atoms with van der Waals surface area (Å²) in [7, 11) is 1.63. The molecule has 186 valence electrons. The summed E-state index contributed by atoms with van der Waals surface area (Å²) in [6.07, 6.45) is 1.63. The Hall–Kier alpha value is -3.46. The lowest BCUT2D eigenvalue weighted by molar-refractivity contribution is -0.140. The molecule has 1 N–H and O–H groups in total. The van der Waals surface area contributed by atoms with Crippen molar-refractivity contribution in [3.63, 3.8) is 0 Å². The maximum Gasteiger partial charge on any atom is 0.323 e. The van der Waals surface area contributed by atoms with Gasteiger partial charge in [-0.2, -0.15) is 5.26 Å². The molecule has 0 bridgehead atoms. The first kappa shape index (κ1) is 25.6. The Balaban J connectivity index is 1.68. The summed E-state index contributed by atoms with van der Waals surface area (Å²) in [5, 5.41) is 18.8. The van der Waals surface area contributed by atoms with Crippen LogP contribution in [0.15, 0.2) is 40.0 Å². The topological polar surface area (TPSA) is 110 Å². The smallest absolute Gasteiger partial charge is 0.323 e. The lowest BCUT2D eigenvalue weighted by Gasteiger charge is -2.37. The molecule has 0 atom stereocenters. The fraction of sp³-hybridized carbons (Fsp3) is 0.320. The number of carboxylic acids is 1. The van der Waals surface area contributed by atoms with Gasteiger partial charge < -0.3 is 10.0 Å². The van der Waals surface area contributed by atoms with Crippen molar-refractivity contribution in [3.05, 3.63) is 67.8 Å². The van der Waals surface area contributed by atoms with Crippen LogP contribution in [0.4, 0.5) is 5.82 Å². The first-order chi connectivity index (χ1) is 17.2. The Labute approximate surface area is 218 Å². The Morgan fingerprint density at radius 2 is 1.86 bits per heavy atom. The number of benzene rings is 1. The van der Waals surface area contributed by atoms with Crippen LogP contribution in [0.2, 0.25) is 0 Å². The molecule has 36 heavy (non-hydrogen) atoms. The predicted molar refractivity (Wildman–Crippen MR) is 143 cm³/mol. The SMILES string of the molecule is Cc1c(/C=C2/SC(=S)N(CC(=O)O)C2=O)c(N2CCN(Cc3ccccc3)CC2)n(C)c(=O)c1C#N. The molecular formula is C25H25N5O4S2. The first-order valence-electron chi connectivity index (χ1n) is 11.3. The van der Waals surface area contributed by atoms with Crippen molar-refractivity contribution in [2.24, 2.45) is 7.05 Å². The van der Waals surface area contributed by atoms with E-state index in [0.717, 1.165) is 36.3 Å². The zero-order valence-corrected chi connectivity index (χ0v) is 21.6. The highest BCUT2D eigenvalue weighted by atomic mass is 32.2. The number of hydrogen-bond acceptors (Lipinski definition) is 8. The zero-order chi connectivity index (χ0) is 26.0. The van der Waals surface area contributed by atoms with E-state index in [-0.39, 0.29) is 14.8 Å². The summed E-state index contributed by atoms with van der Waals surface area (Å²) in [5.74, 6) is -1.04. The number of aliphatic carboxylic acids is 1. The summed E-state index contributed by atoms with van der Waals surface area (Å²) < 4.78 is 1.62. The molecule has 11 heteroatoms. The van der Waals surface area contributed by atoms with E-state index in [0.29, 0.717) is 30.0 Å². The molecule has 1 aromatic carbocycles. The molecule has 0 radical (unpaired) electrons. The number of pyridine rings is 1. The average molecular weight is 524 g/mol. The van der Waals surface area contributed by atoms with E-state index in [1.807, 2.05) is 24.3 Å². The Morgan fingerprint density at radius 3 is 2.47 bits per heavy atom. The van der Waals surface area contributed by atoms with Gasteiger partial charge in [-0.3, -0.25) is 28.8 Å². The molecule has 2 aliphatic heterocycles. The summed E-state index contributed by atoms with van der Waals surface area (Å²) in [4.78, 5) is 42.8. The fourth-order valence-electron chi connectivity index (χ4n) is 4.46. The molecule has 0 unspecified atom stereocenters. The van der Waals surface area contributed by atoms with Crippen LogP contribution in [0.1, 0.15) is 22.3 Å². The normalized spacial score (nSPS) is 17.6. The molecule has 9 nitrogen and oxygen atoms in total. The highest BCUT2D eigenvalue weighted by Gasteiger charge is 2.34. The first-order valence-corrected chi connectivity index (χ1v) is 12.6.